The van der Waals surface area contributed by atoms with E-state index in [1.807, 2.05) is 19.9 Å². The number of carbonyl (C=O) groups excluding carboxylic acids is 1. The third-order valence-corrected chi connectivity index (χ3v) is 7.21. The van der Waals surface area contributed by atoms with E-state index < -0.39 is 5.97 Å². The summed E-state index contributed by atoms with van der Waals surface area (Å²) in [7, 11) is 2.18. The molecule has 1 saturated heterocycles. The zero-order valence-corrected chi connectivity index (χ0v) is 21.0. The van der Waals surface area contributed by atoms with E-state index in [1.54, 1.807) is 12.3 Å². The van der Waals surface area contributed by atoms with Crippen LogP contribution in [0.2, 0.25) is 0 Å². The fourth-order valence-corrected chi connectivity index (χ4v) is 5.04. The second-order valence-electron chi connectivity index (χ2n) is 10.0. The van der Waals surface area contributed by atoms with Crippen molar-refractivity contribution in [3.63, 3.8) is 0 Å². The van der Waals surface area contributed by atoms with E-state index in [4.69, 9.17) is 0 Å². The highest BCUT2D eigenvalue weighted by Gasteiger charge is 2.29. The Bertz CT molecular complexity index is 1350. The largest absolute Gasteiger partial charge is 0.478 e. The highest BCUT2D eigenvalue weighted by atomic mass is 16.4. The minimum atomic E-state index is -1.01. The molecule has 2 aliphatic heterocycles. The van der Waals surface area contributed by atoms with Gasteiger partial charge in [0.05, 0.1) is 16.8 Å². The van der Waals surface area contributed by atoms with Gasteiger partial charge in [0.15, 0.2) is 0 Å². The molecule has 188 valence electrons. The van der Waals surface area contributed by atoms with Gasteiger partial charge in [0.25, 0.3) is 5.91 Å². The molecule has 0 spiro atoms. The van der Waals surface area contributed by atoms with Crippen LogP contribution in [0.3, 0.4) is 0 Å². The van der Waals surface area contributed by atoms with Crippen molar-refractivity contribution >= 4 is 39.7 Å². The van der Waals surface area contributed by atoms with Gasteiger partial charge < -0.3 is 25.2 Å². The number of rotatable bonds is 7. The van der Waals surface area contributed by atoms with Crippen molar-refractivity contribution in [2.75, 3.05) is 50.4 Å². The quantitative estimate of drug-likeness (QED) is 0.435. The van der Waals surface area contributed by atoms with Crippen LogP contribution in [0, 0.1) is 0 Å². The third-order valence-electron chi connectivity index (χ3n) is 7.21. The number of carbonyl (C=O) groups is 2. The zero-order valence-electron chi connectivity index (χ0n) is 21.0. The molecular formula is C28H33N5O3. The fraction of sp³-hybridized carbons (Fsp3) is 0.357. The van der Waals surface area contributed by atoms with E-state index in [-0.39, 0.29) is 17.4 Å². The van der Waals surface area contributed by atoms with Gasteiger partial charge in [-0.25, -0.2) is 4.79 Å². The molecular weight excluding hydrogens is 454 g/mol. The number of amides is 1. The molecule has 2 aliphatic rings. The van der Waals surface area contributed by atoms with Gasteiger partial charge in [-0.15, -0.1) is 0 Å². The van der Waals surface area contributed by atoms with E-state index in [1.165, 1.54) is 11.6 Å². The Labute approximate surface area is 211 Å². The molecule has 5 rings (SSSR count). The number of nitrogens with one attached hydrogen (secondary N) is 2. The van der Waals surface area contributed by atoms with Crippen molar-refractivity contribution in [2.24, 2.45) is 0 Å². The van der Waals surface area contributed by atoms with Crippen molar-refractivity contribution < 1.29 is 14.7 Å². The van der Waals surface area contributed by atoms with Gasteiger partial charge in [0, 0.05) is 73.8 Å². The van der Waals surface area contributed by atoms with Gasteiger partial charge in [-0.2, -0.15) is 0 Å². The molecule has 1 amide bonds. The van der Waals surface area contributed by atoms with Gasteiger partial charge >= 0.3 is 5.97 Å². The maximum absolute atomic E-state index is 12.8. The number of hydrogen-bond acceptors (Lipinski definition) is 5. The minimum absolute atomic E-state index is 0.0658. The highest BCUT2D eigenvalue weighted by Crippen LogP contribution is 2.39. The molecule has 1 fully saturated rings. The van der Waals surface area contributed by atoms with E-state index in [2.05, 4.69) is 56.4 Å². The molecule has 0 radical (unpaired) electrons. The molecule has 8 nitrogen and oxygen atoms in total. The molecule has 36 heavy (non-hydrogen) atoms. The lowest BCUT2D eigenvalue weighted by atomic mass is 9.91. The van der Waals surface area contributed by atoms with E-state index in [9.17, 15) is 14.7 Å². The number of likely N-dealkylation sites (N-methyl/N-ethyl adjacent to an activating group) is 1. The van der Waals surface area contributed by atoms with Gasteiger partial charge in [-0.05, 0) is 54.9 Å². The number of aromatic carboxylic acids is 1. The highest BCUT2D eigenvalue weighted by molar-refractivity contribution is 6.32. The second kappa shape index (κ2) is 9.79. The lowest BCUT2D eigenvalue weighted by Crippen LogP contribution is -2.45. The number of carboxylic acids is 1. The Morgan fingerprint density at radius 3 is 2.61 bits per heavy atom. The van der Waals surface area contributed by atoms with Crippen molar-refractivity contribution in [1.82, 2.24) is 14.4 Å². The van der Waals surface area contributed by atoms with Crippen LogP contribution in [0.1, 0.15) is 41.3 Å². The maximum Gasteiger partial charge on any atom is 0.335 e. The normalized spacial score (nSPS) is 17.7. The third kappa shape index (κ3) is 4.74. The number of carboxylic acid groups (broad SMARTS) is 1. The van der Waals surface area contributed by atoms with Crippen molar-refractivity contribution in [3.05, 3.63) is 65.5 Å². The second-order valence-corrected chi connectivity index (χ2v) is 10.0. The molecule has 3 N–H and O–H groups in total. The molecule has 0 aliphatic carbocycles. The Morgan fingerprint density at radius 2 is 1.89 bits per heavy atom. The smallest absolute Gasteiger partial charge is 0.335 e. The molecule has 3 aromatic rings. The van der Waals surface area contributed by atoms with Gasteiger partial charge in [0.1, 0.15) is 0 Å². The molecule has 1 aromatic heterocycles. The molecule has 2 aromatic carbocycles. The maximum atomic E-state index is 12.8. The van der Waals surface area contributed by atoms with Crippen LogP contribution in [0.25, 0.3) is 16.5 Å². The van der Waals surface area contributed by atoms with Gasteiger partial charge in [-0.3, -0.25) is 9.69 Å². The molecule has 0 atom stereocenters. The topological polar surface area (TPSA) is 89.8 Å². The lowest BCUT2D eigenvalue weighted by Gasteiger charge is -2.32. The Morgan fingerprint density at radius 1 is 1.11 bits per heavy atom. The number of aromatic nitrogens is 1. The molecule has 3 heterocycles. The Kier molecular flexibility index (Phi) is 6.55. The number of fused-ring (bicyclic) bond motifs is 2. The SMILES string of the molecule is CC(C)c1cc(C(=O)O)cc2c1C(=CNc1ccc3c(ccn3CCN3CCN(C)CC3)c1)C(=O)N2. The lowest BCUT2D eigenvalue weighted by molar-refractivity contribution is -0.110. The molecule has 0 bridgehead atoms. The van der Waals surface area contributed by atoms with Crippen LogP contribution in [0.5, 0.6) is 0 Å². The van der Waals surface area contributed by atoms with Crippen molar-refractivity contribution in [3.8, 4) is 0 Å². The first-order chi connectivity index (χ1) is 17.3. The zero-order chi connectivity index (χ0) is 25.4. The predicted molar refractivity (Wildman–Crippen MR) is 144 cm³/mol. The first kappa shape index (κ1) is 24.1. The van der Waals surface area contributed by atoms with Crippen molar-refractivity contribution in [2.45, 2.75) is 26.3 Å². The first-order valence-corrected chi connectivity index (χ1v) is 12.5. The number of nitrogens with zero attached hydrogens (tertiary/aromatic N) is 3. The van der Waals surface area contributed by atoms with E-state index in [0.29, 0.717) is 11.3 Å². The summed E-state index contributed by atoms with van der Waals surface area (Å²) in [6, 6.07) is 11.5. The average molecular weight is 488 g/mol. The number of hydrogen-bond donors (Lipinski definition) is 3. The first-order valence-electron chi connectivity index (χ1n) is 12.5. The van der Waals surface area contributed by atoms with Crippen LogP contribution in [0.4, 0.5) is 11.4 Å². The summed E-state index contributed by atoms with van der Waals surface area (Å²) in [4.78, 5) is 29.2. The van der Waals surface area contributed by atoms with Gasteiger partial charge in [-0.1, -0.05) is 13.8 Å². The summed E-state index contributed by atoms with van der Waals surface area (Å²) in [5.74, 6) is -1.18. The molecule has 0 unspecified atom stereocenters. The van der Waals surface area contributed by atoms with Crippen LogP contribution < -0.4 is 10.6 Å². The number of piperazine rings is 1. The Balaban J connectivity index is 1.34. The standard InChI is InChI=1S/C28H33N5O3/c1-18(2)22-15-20(28(35)36)16-24-26(22)23(27(34)30-24)17-29-21-4-5-25-19(14-21)6-7-33(25)13-12-32-10-8-31(3)9-11-32/h4-7,14-18,29H,8-13H2,1-3H3,(H,30,34)(H,35,36). The molecule has 0 saturated carbocycles. The average Bonchev–Trinajstić information content (AvgIpc) is 3.40. The summed E-state index contributed by atoms with van der Waals surface area (Å²) in [5, 5.41) is 16.7. The van der Waals surface area contributed by atoms with Crippen LogP contribution in [0.15, 0.2) is 48.8 Å². The van der Waals surface area contributed by atoms with Gasteiger partial charge in [0.2, 0.25) is 0 Å². The predicted octanol–water partition coefficient (Wildman–Crippen LogP) is 4.12. The van der Waals surface area contributed by atoms with Crippen LogP contribution in [-0.2, 0) is 11.3 Å². The summed E-state index contributed by atoms with van der Waals surface area (Å²) >= 11 is 0. The van der Waals surface area contributed by atoms with E-state index in [0.717, 1.165) is 61.5 Å². The van der Waals surface area contributed by atoms with E-state index >= 15 is 0 Å². The fourth-order valence-electron chi connectivity index (χ4n) is 5.04. The van der Waals surface area contributed by atoms with Crippen molar-refractivity contribution in [1.29, 1.82) is 0 Å². The number of benzene rings is 2. The summed E-state index contributed by atoms with van der Waals surface area (Å²) in [5.41, 5.74) is 4.92. The minimum Gasteiger partial charge on any atom is -0.478 e. The summed E-state index contributed by atoms with van der Waals surface area (Å²) < 4.78 is 2.30. The number of anilines is 2. The molecule has 8 heteroatoms. The monoisotopic (exact) mass is 487 g/mol. The summed E-state index contributed by atoms with van der Waals surface area (Å²) in [6.07, 6.45) is 3.86. The summed E-state index contributed by atoms with van der Waals surface area (Å²) in [6.45, 7) is 10.5. The van der Waals surface area contributed by atoms with Crippen LogP contribution in [-0.4, -0.2) is 71.1 Å². The van der Waals surface area contributed by atoms with Crippen LogP contribution >= 0.6 is 0 Å². The Hall–Kier alpha value is -3.62.